The molecule has 0 aliphatic carbocycles. The number of halogens is 1. The molecule has 1 rings (SSSR count). The number of likely N-dealkylation sites (N-methyl/N-ethyl adjacent to an activating group) is 1. The van der Waals surface area contributed by atoms with Gasteiger partial charge in [-0.3, -0.25) is 4.79 Å². The molecule has 0 saturated heterocycles. The molecule has 0 aliphatic rings. The molecule has 1 aromatic carbocycles. The van der Waals surface area contributed by atoms with E-state index in [0.717, 1.165) is 10.0 Å². The van der Waals surface area contributed by atoms with E-state index in [1.807, 2.05) is 24.3 Å². The Bertz CT molecular complexity index is 379. The third-order valence-corrected chi connectivity index (χ3v) is 3.05. The zero-order valence-corrected chi connectivity index (χ0v) is 11.8. The molecule has 1 amide bonds. The Morgan fingerprint density at radius 2 is 2.24 bits per heavy atom. The van der Waals surface area contributed by atoms with Crippen molar-refractivity contribution < 1.29 is 9.90 Å². The summed E-state index contributed by atoms with van der Waals surface area (Å²) in [6.07, 6.45) is 0.646. The summed E-state index contributed by atoms with van der Waals surface area (Å²) in [5, 5.41) is 9.16. The summed E-state index contributed by atoms with van der Waals surface area (Å²) in [6.45, 7) is 2.32. The highest BCUT2D eigenvalue weighted by Crippen LogP contribution is 2.12. The number of benzene rings is 1. The monoisotopic (exact) mass is 299 g/mol. The maximum absolute atomic E-state index is 11.9. The van der Waals surface area contributed by atoms with Gasteiger partial charge in [-0.2, -0.15) is 0 Å². The molecule has 0 spiro atoms. The zero-order valence-electron chi connectivity index (χ0n) is 10.2. The quantitative estimate of drug-likeness (QED) is 0.906. The number of aliphatic hydroxyl groups is 1. The third kappa shape index (κ3) is 5.33. The lowest BCUT2D eigenvalue weighted by Crippen LogP contribution is -2.30. The predicted molar refractivity (Wildman–Crippen MR) is 71.8 cm³/mol. The predicted octanol–water partition coefficient (Wildman–Crippen LogP) is 2.22. The summed E-state index contributed by atoms with van der Waals surface area (Å²) in [5.41, 5.74) is 0.994. The summed E-state index contributed by atoms with van der Waals surface area (Å²) in [7, 11) is 1.77. The molecule has 94 valence electrons. The van der Waals surface area contributed by atoms with Crippen molar-refractivity contribution in [2.45, 2.75) is 25.9 Å². The second kappa shape index (κ2) is 6.77. The van der Waals surface area contributed by atoms with Crippen molar-refractivity contribution in [1.82, 2.24) is 4.90 Å². The smallest absolute Gasteiger partial charge is 0.226 e. The van der Waals surface area contributed by atoms with Gasteiger partial charge in [0.2, 0.25) is 5.91 Å². The van der Waals surface area contributed by atoms with Gasteiger partial charge < -0.3 is 10.0 Å². The van der Waals surface area contributed by atoms with E-state index in [-0.39, 0.29) is 12.0 Å². The molecule has 0 heterocycles. The van der Waals surface area contributed by atoms with Crippen LogP contribution in [0.5, 0.6) is 0 Å². The lowest BCUT2D eigenvalue weighted by Gasteiger charge is -2.18. The van der Waals surface area contributed by atoms with Crippen LogP contribution in [0.3, 0.4) is 0 Å². The average Bonchev–Trinajstić information content (AvgIpc) is 2.25. The molecule has 1 unspecified atom stereocenters. The number of carbonyl (C=O) groups is 1. The van der Waals surface area contributed by atoms with Crippen LogP contribution in [0.4, 0.5) is 0 Å². The van der Waals surface area contributed by atoms with Crippen LogP contribution >= 0.6 is 15.9 Å². The lowest BCUT2D eigenvalue weighted by molar-refractivity contribution is -0.129. The average molecular weight is 300 g/mol. The van der Waals surface area contributed by atoms with Gasteiger partial charge in [0.05, 0.1) is 12.5 Å². The fraction of sp³-hybridized carbons (Fsp3) is 0.462. The fourth-order valence-corrected chi connectivity index (χ4v) is 1.91. The van der Waals surface area contributed by atoms with Crippen LogP contribution in [0.15, 0.2) is 28.7 Å². The van der Waals surface area contributed by atoms with Crippen LogP contribution in [0, 0.1) is 0 Å². The standard InChI is InChI=1S/C13H18BrNO2/c1-10(16)6-7-15(2)13(17)9-11-4-3-5-12(14)8-11/h3-5,8,10,16H,6-7,9H2,1-2H3. The molecule has 0 aromatic heterocycles. The Balaban J connectivity index is 2.48. The third-order valence-electron chi connectivity index (χ3n) is 2.55. The molecule has 1 N–H and O–H groups in total. The molecule has 0 saturated carbocycles. The normalized spacial score (nSPS) is 12.2. The van der Waals surface area contributed by atoms with E-state index in [9.17, 15) is 4.79 Å². The Morgan fingerprint density at radius 3 is 2.82 bits per heavy atom. The van der Waals surface area contributed by atoms with Crippen LogP contribution in [-0.4, -0.2) is 35.6 Å². The van der Waals surface area contributed by atoms with Crippen molar-refractivity contribution in [3.63, 3.8) is 0 Å². The van der Waals surface area contributed by atoms with Crippen LogP contribution in [-0.2, 0) is 11.2 Å². The van der Waals surface area contributed by atoms with Crippen LogP contribution in [0.1, 0.15) is 18.9 Å². The Morgan fingerprint density at radius 1 is 1.53 bits per heavy atom. The summed E-state index contributed by atoms with van der Waals surface area (Å²) in [6, 6.07) is 7.74. The largest absolute Gasteiger partial charge is 0.393 e. The molecule has 0 fully saturated rings. The van der Waals surface area contributed by atoms with Gasteiger partial charge in [0.15, 0.2) is 0 Å². The van der Waals surface area contributed by atoms with E-state index in [0.29, 0.717) is 19.4 Å². The van der Waals surface area contributed by atoms with Crippen molar-refractivity contribution in [2.75, 3.05) is 13.6 Å². The van der Waals surface area contributed by atoms with Gasteiger partial charge >= 0.3 is 0 Å². The minimum atomic E-state index is -0.365. The minimum absolute atomic E-state index is 0.0729. The highest BCUT2D eigenvalue weighted by Gasteiger charge is 2.10. The Labute approximate surface area is 111 Å². The number of nitrogens with zero attached hydrogens (tertiary/aromatic N) is 1. The first kappa shape index (κ1) is 14.2. The van der Waals surface area contributed by atoms with Gasteiger partial charge in [0.25, 0.3) is 0 Å². The Kier molecular flexibility index (Phi) is 5.65. The van der Waals surface area contributed by atoms with Gasteiger partial charge in [0, 0.05) is 18.1 Å². The van der Waals surface area contributed by atoms with E-state index in [4.69, 9.17) is 5.11 Å². The van der Waals surface area contributed by atoms with Crippen LogP contribution in [0.25, 0.3) is 0 Å². The van der Waals surface area contributed by atoms with Gasteiger partial charge in [-0.1, -0.05) is 28.1 Å². The van der Waals surface area contributed by atoms with Crippen LogP contribution in [0.2, 0.25) is 0 Å². The summed E-state index contributed by atoms with van der Waals surface area (Å²) in [5.74, 6) is 0.0729. The fourth-order valence-electron chi connectivity index (χ4n) is 1.46. The molecular formula is C13H18BrNO2. The Hall–Kier alpha value is -0.870. The van der Waals surface area contributed by atoms with E-state index in [1.54, 1.807) is 18.9 Å². The van der Waals surface area contributed by atoms with Gasteiger partial charge in [-0.05, 0) is 31.0 Å². The van der Waals surface area contributed by atoms with Crippen molar-refractivity contribution in [2.24, 2.45) is 0 Å². The molecule has 4 heteroatoms. The lowest BCUT2D eigenvalue weighted by atomic mass is 10.1. The number of hydrogen-bond acceptors (Lipinski definition) is 2. The van der Waals surface area contributed by atoms with Gasteiger partial charge in [-0.15, -0.1) is 0 Å². The molecule has 1 atom stereocenters. The van der Waals surface area contributed by atoms with Crippen molar-refractivity contribution in [3.8, 4) is 0 Å². The number of rotatable bonds is 5. The first-order valence-electron chi connectivity index (χ1n) is 5.65. The molecule has 3 nitrogen and oxygen atoms in total. The van der Waals surface area contributed by atoms with E-state index in [1.165, 1.54) is 0 Å². The number of hydrogen-bond donors (Lipinski definition) is 1. The number of carbonyl (C=O) groups excluding carboxylic acids is 1. The van der Waals surface area contributed by atoms with E-state index < -0.39 is 0 Å². The van der Waals surface area contributed by atoms with E-state index in [2.05, 4.69) is 15.9 Å². The molecule has 1 aromatic rings. The molecule has 0 radical (unpaired) electrons. The molecule has 0 aliphatic heterocycles. The maximum atomic E-state index is 11.9. The second-order valence-electron chi connectivity index (χ2n) is 4.26. The number of amides is 1. The SMILES string of the molecule is CC(O)CCN(C)C(=O)Cc1cccc(Br)c1. The molecule has 17 heavy (non-hydrogen) atoms. The zero-order chi connectivity index (χ0) is 12.8. The first-order valence-corrected chi connectivity index (χ1v) is 6.45. The molecule has 0 bridgehead atoms. The van der Waals surface area contributed by atoms with Crippen molar-refractivity contribution in [1.29, 1.82) is 0 Å². The number of aliphatic hydroxyl groups excluding tert-OH is 1. The highest BCUT2D eigenvalue weighted by molar-refractivity contribution is 9.10. The van der Waals surface area contributed by atoms with Crippen LogP contribution < -0.4 is 0 Å². The van der Waals surface area contributed by atoms with Crippen molar-refractivity contribution >= 4 is 21.8 Å². The summed E-state index contributed by atoms with van der Waals surface area (Å²) >= 11 is 3.38. The maximum Gasteiger partial charge on any atom is 0.226 e. The summed E-state index contributed by atoms with van der Waals surface area (Å²) < 4.78 is 0.981. The topological polar surface area (TPSA) is 40.5 Å². The first-order chi connectivity index (χ1) is 7.99. The minimum Gasteiger partial charge on any atom is -0.393 e. The molecular weight excluding hydrogens is 282 g/mol. The highest BCUT2D eigenvalue weighted by atomic mass is 79.9. The second-order valence-corrected chi connectivity index (χ2v) is 5.18. The summed E-state index contributed by atoms with van der Waals surface area (Å²) in [4.78, 5) is 13.5. The van der Waals surface area contributed by atoms with Gasteiger partial charge in [-0.25, -0.2) is 0 Å². The van der Waals surface area contributed by atoms with E-state index >= 15 is 0 Å². The van der Waals surface area contributed by atoms with Gasteiger partial charge in [0.1, 0.15) is 0 Å². The van der Waals surface area contributed by atoms with Crippen molar-refractivity contribution in [3.05, 3.63) is 34.3 Å².